The predicted molar refractivity (Wildman–Crippen MR) is 91.1 cm³/mol. The van der Waals surface area contributed by atoms with Crippen LogP contribution in [-0.2, 0) is 13.0 Å². The number of nitrogens with one attached hydrogen (secondary N) is 1. The SMILES string of the molecule is COc1ccccc1CNC(=O)c1cccc(CC(N)=S)c1. The molecule has 0 saturated heterocycles. The maximum Gasteiger partial charge on any atom is 0.251 e. The van der Waals surface area contributed by atoms with Crippen molar-refractivity contribution in [1.29, 1.82) is 0 Å². The van der Waals surface area contributed by atoms with Crippen LogP contribution in [0, 0.1) is 0 Å². The minimum atomic E-state index is -0.143. The third-order valence-electron chi connectivity index (χ3n) is 3.20. The van der Waals surface area contributed by atoms with E-state index < -0.39 is 0 Å². The van der Waals surface area contributed by atoms with Gasteiger partial charge in [-0.1, -0.05) is 42.5 Å². The number of nitrogens with two attached hydrogens (primary N) is 1. The number of methoxy groups -OCH3 is 1. The molecule has 2 aromatic carbocycles. The Morgan fingerprint density at radius 2 is 2.00 bits per heavy atom. The molecular formula is C17H18N2O2S. The summed E-state index contributed by atoms with van der Waals surface area (Å²) < 4.78 is 5.27. The van der Waals surface area contributed by atoms with Gasteiger partial charge in [-0.25, -0.2) is 0 Å². The number of rotatable bonds is 6. The standard InChI is InChI=1S/C17H18N2O2S/c1-21-15-8-3-2-6-14(15)11-19-17(20)13-7-4-5-12(9-13)10-16(18)22/h2-9H,10-11H2,1H3,(H2,18,22)(H,19,20). The van der Waals surface area contributed by atoms with E-state index in [4.69, 9.17) is 22.7 Å². The molecule has 22 heavy (non-hydrogen) atoms. The average molecular weight is 314 g/mol. The van der Waals surface area contributed by atoms with Crippen LogP contribution in [0.15, 0.2) is 48.5 Å². The molecule has 5 heteroatoms. The van der Waals surface area contributed by atoms with Gasteiger partial charge < -0.3 is 15.8 Å². The molecule has 0 fully saturated rings. The van der Waals surface area contributed by atoms with Crippen LogP contribution in [0.1, 0.15) is 21.5 Å². The van der Waals surface area contributed by atoms with Crippen molar-refractivity contribution in [3.63, 3.8) is 0 Å². The highest BCUT2D eigenvalue weighted by Gasteiger charge is 2.08. The van der Waals surface area contributed by atoms with Gasteiger partial charge in [0.2, 0.25) is 0 Å². The predicted octanol–water partition coefficient (Wildman–Crippen LogP) is 2.45. The normalized spacial score (nSPS) is 10.0. The number of para-hydroxylation sites is 1. The Bertz CT molecular complexity index is 686. The summed E-state index contributed by atoms with van der Waals surface area (Å²) in [6, 6.07) is 14.9. The van der Waals surface area contributed by atoms with E-state index in [0.717, 1.165) is 16.9 Å². The molecule has 3 N–H and O–H groups in total. The number of ether oxygens (including phenoxy) is 1. The Labute approximate surface area is 135 Å². The first-order valence-corrected chi connectivity index (χ1v) is 7.28. The third kappa shape index (κ3) is 4.30. The lowest BCUT2D eigenvalue weighted by Crippen LogP contribution is -2.23. The van der Waals surface area contributed by atoms with E-state index in [1.807, 2.05) is 36.4 Å². The van der Waals surface area contributed by atoms with E-state index in [9.17, 15) is 4.79 Å². The summed E-state index contributed by atoms with van der Waals surface area (Å²) in [6.45, 7) is 0.405. The molecule has 1 amide bonds. The van der Waals surface area contributed by atoms with Crippen molar-refractivity contribution in [2.45, 2.75) is 13.0 Å². The number of benzene rings is 2. The van der Waals surface area contributed by atoms with Crippen LogP contribution >= 0.6 is 12.2 Å². The first-order chi connectivity index (χ1) is 10.6. The summed E-state index contributed by atoms with van der Waals surface area (Å²) in [5.41, 5.74) is 7.98. The van der Waals surface area contributed by atoms with Crippen molar-refractivity contribution in [2.24, 2.45) is 5.73 Å². The highest BCUT2D eigenvalue weighted by molar-refractivity contribution is 7.80. The zero-order valence-corrected chi connectivity index (χ0v) is 13.2. The molecule has 0 unspecified atom stereocenters. The van der Waals surface area contributed by atoms with E-state index in [1.54, 1.807) is 19.2 Å². The van der Waals surface area contributed by atoms with E-state index >= 15 is 0 Å². The zero-order valence-electron chi connectivity index (χ0n) is 12.3. The molecule has 0 aliphatic heterocycles. The van der Waals surface area contributed by atoms with Gasteiger partial charge in [0.05, 0.1) is 12.1 Å². The number of thiocarbonyl (C=S) groups is 1. The Hall–Kier alpha value is -2.40. The van der Waals surface area contributed by atoms with Crippen LogP contribution in [0.5, 0.6) is 5.75 Å². The van der Waals surface area contributed by atoms with Gasteiger partial charge in [-0.15, -0.1) is 0 Å². The van der Waals surface area contributed by atoms with Gasteiger partial charge in [-0.2, -0.15) is 0 Å². The van der Waals surface area contributed by atoms with Gasteiger partial charge in [-0.3, -0.25) is 4.79 Å². The van der Waals surface area contributed by atoms with E-state index in [0.29, 0.717) is 23.5 Å². The maximum absolute atomic E-state index is 12.2. The molecule has 4 nitrogen and oxygen atoms in total. The van der Waals surface area contributed by atoms with Crippen LogP contribution in [0.25, 0.3) is 0 Å². The summed E-state index contributed by atoms with van der Waals surface area (Å²) in [4.78, 5) is 12.6. The highest BCUT2D eigenvalue weighted by Crippen LogP contribution is 2.17. The Morgan fingerprint density at radius 3 is 2.73 bits per heavy atom. The molecule has 0 heterocycles. The Kier molecular flexibility index (Phi) is 5.49. The average Bonchev–Trinajstić information content (AvgIpc) is 2.52. The second-order valence-electron chi connectivity index (χ2n) is 4.84. The zero-order chi connectivity index (χ0) is 15.9. The van der Waals surface area contributed by atoms with Crippen molar-refractivity contribution in [1.82, 2.24) is 5.32 Å². The Morgan fingerprint density at radius 1 is 1.23 bits per heavy atom. The lowest BCUT2D eigenvalue weighted by molar-refractivity contribution is 0.0950. The summed E-state index contributed by atoms with van der Waals surface area (Å²) in [7, 11) is 1.61. The number of amides is 1. The number of carbonyl (C=O) groups is 1. The summed E-state index contributed by atoms with van der Waals surface area (Å²) >= 11 is 4.89. The van der Waals surface area contributed by atoms with Crippen LogP contribution in [-0.4, -0.2) is 18.0 Å². The van der Waals surface area contributed by atoms with Crippen LogP contribution in [0.3, 0.4) is 0 Å². The van der Waals surface area contributed by atoms with Crippen LogP contribution < -0.4 is 15.8 Å². The third-order valence-corrected chi connectivity index (χ3v) is 3.34. The molecule has 2 rings (SSSR count). The highest BCUT2D eigenvalue weighted by atomic mass is 32.1. The van der Waals surface area contributed by atoms with Gasteiger partial charge in [-0.05, 0) is 23.8 Å². The van der Waals surface area contributed by atoms with Crippen LogP contribution in [0.4, 0.5) is 0 Å². The molecule has 0 bridgehead atoms. The second-order valence-corrected chi connectivity index (χ2v) is 5.36. The molecule has 0 aliphatic carbocycles. The van der Waals surface area contributed by atoms with Gasteiger partial charge >= 0.3 is 0 Å². The molecule has 0 aliphatic rings. The molecule has 0 spiro atoms. The summed E-state index contributed by atoms with van der Waals surface area (Å²) in [5, 5.41) is 2.89. The van der Waals surface area contributed by atoms with E-state index in [1.165, 1.54) is 0 Å². The number of hydrogen-bond acceptors (Lipinski definition) is 3. The van der Waals surface area contributed by atoms with E-state index in [2.05, 4.69) is 5.32 Å². The molecule has 0 aromatic heterocycles. The van der Waals surface area contributed by atoms with Gasteiger partial charge in [0.25, 0.3) is 5.91 Å². The molecule has 2 aromatic rings. The first-order valence-electron chi connectivity index (χ1n) is 6.87. The van der Waals surface area contributed by atoms with E-state index in [-0.39, 0.29) is 5.91 Å². The topological polar surface area (TPSA) is 64.3 Å². The van der Waals surface area contributed by atoms with Crippen molar-refractivity contribution in [2.75, 3.05) is 7.11 Å². The molecule has 114 valence electrons. The fraction of sp³-hybridized carbons (Fsp3) is 0.176. The second kappa shape index (κ2) is 7.56. The smallest absolute Gasteiger partial charge is 0.251 e. The Balaban J connectivity index is 2.04. The van der Waals surface area contributed by atoms with Crippen molar-refractivity contribution in [3.05, 3.63) is 65.2 Å². The number of hydrogen-bond donors (Lipinski definition) is 2. The quantitative estimate of drug-likeness (QED) is 0.804. The molecule has 0 saturated carbocycles. The first kappa shape index (κ1) is 16.0. The van der Waals surface area contributed by atoms with Gasteiger partial charge in [0.15, 0.2) is 0 Å². The number of carbonyl (C=O) groups excluding carboxylic acids is 1. The minimum absolute atomic E-state index is 0.143. The van der Waals surface area contributed by atoms with Gasteiger partial charge in [0.1, 0.15) is 5.75 Å². The monoisotopic (exact) mass is 314 g/mol. The largest absolute Gasteiger partial charge is 0.496 e. The summed E-state index contributed by atoms with van der Waals surface area (Å²) in [5.74, 6) is 0.612. The molecule has 0 radical (unpaired) electrons. The maximum atomic E-state index is 12.2. The minimum Gasteiger partial charge on any atom is -0.496 e. The summed E-state index contributed by atoms with van der Waals surface area (Å²) in [6.07, 6.45) is 0.489. The fourth-order valence-corrected chi connectivity index (χ4v) is 2.32. The van der Waals surface area contributed by atoms with Crippen molar-refractivity contribution < 1.29 is 9.53 Å². The lowest BCUT2D eigenvalue weighted by Gasteiger charge is -2.10. The molecule has 0 atom stereocenters. The van der Waals surface area contributed by atoms with Crippen molar-refractivity contribution >= 4 is 23.1 Å². The lowest BCUT2D eigenvalue weighted by atomic mass is 10.1. The fourth-order valence-electron chi connectivity index (χ4n) is 2.15. The van der Waals surface area contributed by atoms with Crippen LogP contribution in [0.2, 0.25) is 0 Å². The molecular weight excluding hydrogens is 296 g/mol. The van der Waals surface area contributed by atoms with Crippen molar-refractivity contribution in [3.8, 4) is 5.75 Å². The van der Waals surface area contributed by atoms with Gasteiger partial charge in [0, 0.05) is 24.1 Å².